The lowest BCUT2D eigenvalue weighted by Crippen LogP contribution is -2.33. The highest BCUT2D eigenvalue weighted by Gasteiger charge is 2.45. The van der Waals surface area contributed by atoms with Crippen molar-refractivity contribution in [3.8, 4) is 5.75 Å². The predicted octanol–water partition coefficient (Wildman–Crippen LogP) is 3.29. The van der Waals surface area contributed by atoms with Crippen LogP contribution in [0.3, 0.4) is 0 Å². The van der Waals surface area contributed by atoms with E-state index in [0.29, 0.717) is 32.0 Å². The molecule has 0 saturated carbocycles. The number of aliphatic carboxylic acids is 2. The lowest BCUT2D eigenvalue weighted by atomic mass is 9.94. The summed E-state index contributed by atoms with van der Waals surface area (Å²) < 4.78 is 88.2. The van der Waals surface area contributed by atoms with Crippen LogP contribution in [-0.4, -0.2) is 87.7 Å². The lowest BCUT2D eigenvalue weighted by molar-refractivity contribution is -0.193. The smallest absolute Gasteiger partial charge is 0.490 e. The molecule has 2 saturated heterocycles. The molecule has 2 aliphatic rings. The van der Waals surface area contributed by atoms with Gasteiger partial charge in [0.1, 0.15) is 11.6 Å². The van der Waals surface area contributed by atoms with Crippen molar-refractivity contribution < 1.29 is 64.8 Å². The minimum absolute atomic E-state index is 0.00508. The Balaban J connectivity index is 0.000000349. The molecule has 226 valence electrons. The van der Waals surface area contributed by atoms with E-state index in [-0.39, 0.29) is 30.3 Å². The van der Waals surface area contributed by atoms with Gasteiger partial charge in [0.2, 0.25) is 5.91 Å². The molecule has 2 aromatic rings. The molecule has 17 heteroatoms. The maximum Gasteiger partial charge on any atom is 0.490 e. The third-order valence-electron chi connectivity index (χ3n) is 5.75. The van der Waals surface area contributed by atoms with Crippen molar-refractivity contribution in [2.75, 3.05) is 26.3 Å². The Kier molecular flexibility index (Phi) is 11.4. The van der Waals surface area contributed by atoms with E-state index >= 15 is 0 Å². The van der Waals surface area contributed by atoms with Crippen LogP contribution < -0.4 is 4.74 Å². The maximum atomic E-state index is 12.9. The summed E-state index contributed by atoms with van der Waals surface area (Å²) in [5.41, 5.74) is 1.53. The number of carboxylic acid groups (broad SMARTS) is 2. The monoisotopic (exact) mass is 599 g/mol. The third kappa shape index (κ3) is 10.8. The van der Waals surface area contributed by atoms with Crippen LogP contribution in [0.25, 0.3) is 0 Å². The number of hydrogen-bond acceptors (Lipinski definition) is 7. The molecule has 41 heavy (non-hydrogen) atoms. The number of carboxylic acids is 2. The second-order valence-corrected chi connectivity index (χ2v) is 8.79. The predicted molar refractivity (Wildman–Crippen MR) is 123 cm³/mol. The largest absolute Gasteiger partial charge is 0.492 e. The molecule has 1 amide bonds. The number of rotatable bonds is 5. The van der Waals surface area contributed by atoms with E-state index in [1.165, 1.54) is 6.07 Å². The number of fused-ring (bicyclic) bond motifs is 1. The molecule has 2 fully saturated rings. The van der Waals surface area contributed by atoms with E-state index in [1.807, 2.05) is 24.0 Å². The van der Waals surface area contributed by atoms with E-state index in [4.69, 9.17) is 29.3 Å². The number of alkyl halides is 6. The number of carbonyl (C=O) groups is 3. The van der Waals surface area contributed by atoms with Crippen molar-refractivity contribution >= 4 is 17.8 Å². The van der Waals surface area contributed by atoms with Gasteiger partial charge in [-0.1, -0.05) is 0 Å². The molecule has 2 aliphatic heterocycles. The maximum absolute atomic E-state index is 12.9. The highest BCUT2D eigenvalue weighted by Crippen LogP contribution is 2.34. The fourth-order valence-electron chi connectivity index (χ4n) is 3.69. The number of pyridine rings is 2. The molecule has 2 aromatic heterocycles. The van der Waals surface area contributed by atoms with Crippen molar-refractivity contribution in [3.05, 3.63) is 53.9 Å². The van der Waals surface area contributed by atoms with Crippen molar-refractivity contribution in [2.45, 2.75) is 31.8 Å². The Morgan fingerprint density at radius 2 is 1.59 bits per heavy atom. The first-order valence-electron chi connectivity index (χ1n) is 11.6. The Bertz CT molecular complexity index is 1150. The minimum atomic E-state index is -5.08. The van der Waals surface area contributed by atoms with Gasteiger partial charge in [-0.15, -0.1) is 0 Å². The van der Waals surface area contributed by atoms with Gasteiger partial charge in [0, 0.05) is 36.3 Å². The van der Waals surface area contributed by atoms with E-state index in [9.17, 15) is 35.5 Å². The molecule has 0 aliphatic carbocycles. The summed E-state index contributed by atoms with van der Waals surface area (Å²) in [4.78, 5) is 40.4. The van der Waals surface area contributed by atoms with Crippen LogP contribution in [0.2, 0.25) is 0 Å². The zero-order valence-corrected chi connectivity index (χ0v) is 21.2. The topological polar surface area (TPSA) is 139 Å². The summed E-state index contributed by atoms with van der Waals surface area (Å²) in [5, 5.41) is 14.2. The fraction of sp³-hybridized carbons (Fsp3) is 0.458. The number of ether oxygens (including phenoxy) is 2. The number of carbonyl (C=O) groups excluding carboxylic acids is 1. The lowest BCUT2D eigenvalue weighted by Gasteiger charge is -2.20. The van der Waals surface area contributed by atoms with Gasteiger partial charge in [-0.25, -0.2) is 14.0 Å². The Labute approximate surface area is 227 Å². The second-order valence-electron chi connectivity index (χ2n) is 8.79. The third-order valence-corrected chi connectivity index (χ3v) is 5.75. The van der Waals surface area contributed by atoms with Crippen LogP contribution in [0, 0.1) is 24.6 Å². The molecule has 0 spiro atoms. The molecule has 10 nitrogen and oxygen atoms in total. The molecule has 3 atom stereocenters. The molecule has 2 N–H and O–H groups in total. The molecule has 4 heterocycles. The summed E-state index contributed by atoms with van der Waals surface area (Å²) in [6.07, 6.45) is -7.07. The number of aromatic nitrogens is 2. The van der Waals surface area contributed by atoms with Crippen LogP contribution >= 0.6 is 0 Å². The van der Waals surface area contributed by atoms with Gasteiger partial charge in [0.15, 0.2) is 0 Å². The van der Waals surface area contributed by atoms with Crippen LogP contribution in [0.5, 0.6) is 5.75 Å². The number of aryl methyl sites for hydroxylation is 1. The number of nitrogens with zero attached hydrogens (tertiary/aromatic N) is 3. The normalized spacial score (nSPS) is 19.7. The molecule has 0 unspecified atom stereocenters. The first-order chi connectivity index (χ1) is 19.0. The summed E-state index contributed by atoms with van der Waals surface area (Å²) in [6.45, 7) is 4.38. The highest BCUT2D eigenvalue weighted by molar-refractivity contribution is 5.78. The van der Waals surface area contributed by atoms with Gasteiger partial charge in [-0.2, -0.15) is 26.3 Å². The number of likely N-dealkylation sites (tertiary alicyclic amines) is 1. The molecular weight excluding hydrogens is 575 g/mol. The Morgan fingerprint density at radius 3 is 2.07 bits per heavy atom. The van der Waals surface area contributed by atoms with Gasteiger partial charge in [-0.05, 0) is 31.2 Å². The number of amides is 1. The minimum Gasteiger partial charge on any atom is -0.492 e. The molecule has 0 bridgehead atoms. The highest BCUT2D eigenvalue weighted by atomic mass is 19.4. The summed E-state index contributed by atoms with van der Waals surface area (Å²) >= 11 is 0. The fourth-order valence-corrected chi connectivity index (χ4v) is 3.69. The van der Waals surface area contributed by atoms with Crippen LogP contribution in [-0.2, 0) is 25.5 Å². The van der Waals surface area contributed by atoms with Gasteiger partial charge >= 0.3 is 24.3 Å². The van der Waals surface area contributed by atoms with Crippen LogP contribution in [0.15, 0.2) is 36.7 Å². The van der Waals surface area contributed by atoms with Gasteiger partial charge in [0.25, 0.3) is 0 Å². The average molecular weight is 599 g/mol. The van der Waals surface area contributed by atoms with E-state index in [2.05, 4.69) is 9.97 Å². The van der Waals surface area contributed by atoms with Crippen molar-refractivity contribution in [2.24, 2.45) is 11.8 Å². The van der Waals surface area contributed by atoms with Gasteiger partial charge in [-0.3, -0.25) is 14.8 Å². The Morgan fingerprint density at radius 1 is 0.976 bits per heavy atom. The van der Waals surface area contributed by atoms with E-state index in [0.717, 1.165) is 17.6 Å². The molecular formula is C24H24F7N3O7. The quantitative estimate of drug-likeness (QED) is 0.496. The zero-order chi connectivity index (χ0) is 31.0. The van der Waals surface area contributed by atoms with E-state index in [1.54, 1.807) is 12.3 Å². The SMILES string of the molecule is Cc1ccc(OC[C@H]2CO[C@@H]3CN(C(=O)Cc4ccc(F)cn4)C[C@H]23)cn1.O=C(O)C(F)(F)F.O=C(O)C(F)(F)F. The van der Waals surface area contributed by atoms with Crippen molar-refractivity contribution in [1.29, 1.82) is 0 Å². The summed E-state index contributed by atoms with van der Waals surface area (Å²) in [7, 11) is 0. The summed E-state index contributed by atoms with van der Waals surface area (Å²) in [5.74, 6) is -4.65. The van der Waals surface area contributed by atoms with Gasteiger partial charge < -0.3 is 24.6 Å². The first-order valence-corrected chi connectivity index (χ1v) is 11.6. The summed E-state index contributed by atoms with van der Waals surface area (Å²) in [6, 6.07) is 6.70. The van der Waals surface area contributed by atoms with Crippen molar-refractivity contribution in [3.63, 3.8) is 0 Å². The van der Waals surface area contributed by atoms with Gasteiger partial charge in [0.05, 0.1) is 38.1 Å². The average Bonchev–Trinajstić information content (AvgIpc) is 3.46. The standard InChI is InChI=1S/C20H22FN3O3.2C2HF3O2/c1-13-2-5-17(8-22-13)26-11-14-12-27-19-10-24(9-18(14)19)20(25)6-16-4-3-15(21)7-23-16;2*3-2(4,5)1(6)7/h2-5,7-8,14,18-19H,6,9-12H2,1H3;2*(H,6,7)/t14-,18+,19+;;/m0../s1. The molecule has 0 aromatic carbocycles. The zero-order valence-electron chi connectivity index (χ0n) is 21.2. The molecule has 4 rings (SSSR count). The molecule has 0 radical (unpaired) electrons. The van der Waals surface area contributed by atoms with Crippen LogP contribution in [0.4, 0.5) is 30.7 Å². The van der Waals surface area contributed by atoms with Crippen LogP contribution in [0.1, 0.15) is 11.4 Å². The number of halogens is 7. The Hall–Kier alpha value is -4.02. The second kappa shape index (κ2) is 14.0. The van der Waals surface area contributed by atoms with Crippen molar-refractivity contribution in [1.82, 2.24) is 14.9 Å². The van der Waals surface area contributed by atoms with E-state index < -0.39 is 30.1 Å². The number of hydrogen-bond donors (Lipinski definition) is 2. The first kappa shape index (κ1) is 33.2.